The molecule has 1 aromatic carbocycles. The summed E-state index contributed by atoms with van der Waals surface area (Å²) in [6.45, 7) is 2.17. The van der Waals surface area contributed by atoms with Crippen LogP contribution < -0.4 is 10.1 Å². The van der Waals surface area contributed by atoms with Gasteiger partial charge in [-0.1, -0.05) is 12.1 Å². The average molecular weight is 390 g/mol. The largest absolute Gasteiger partial charge is 0.439 e. The summed E-state index contributed by atoms with van der Waals surface area (Å²) in [5.74, 6) is 1.68. The minimum atomic E-state index is -1.06. The molecular formula is C21H19FN6O. The summed E-state index contributed by atoms with van der Waals surface area (Å²) in [5, 5.41) is 3.28. The highest BCUT2D eigenvalue weighted by Gasteiger charge is 2.07. The molecule has 146 valence electrons. The van der Waals surface area contributed by atoms with Gasteiger partial charge in [-0.2, -0.15) is 0 Å². The van der Waals surface area contributed by atoms with Crippen LogP contribution in [0.5, 0.6) is 11.6 Å². The molecule has 1 atom stereocenters. The van der Waals surface area contributed by atoms with Crippen LogP contribution in [0.15, 0.2) is 61.3 Å². The third kappa shape index (κ3) is 4.60. The fraction of sp³-hybridized carbons (Fsp3) is 0.190. The predicted molar refractivity (Wildman–Crippen MR) is 108 cm³/mol. The van der Waals surface area contributed by atoms with Gasteiger partial charge in [-0.05, 0) is 42.7 Å². The summed E-state index contributed by atoms with van der Waals surface area (Å²) in [6.07, 6.45) is 5.97. The van der Waals surface area contributed by atoms with E-state index in [1.54, 1.807) is 30.7 Å². The first-order valence-electron chi connectivity index (χ1n) is 9.21. The molecule has 3 aromatic heterocycles. The summed E-state index contributed by atoms with van der Waals surface area (Å²) in [6, 6.07) is 11.0. The molecule has 0 saturated carbocycles. The highest BCUT2D eigenvalue weighted by Crippen LogP contribution is 2.24. The van der Waals surface area contributed by atoms with Crippen LogP contribution >= 0.6 is 0 Å². The smallest absolute Gasteiger partial charge is 0.219 e. The molecule has 0 bridgehead atoms. The maximum absolute atomic E-state index is 13.4. The molecule has 4 rings (SSSR count). The van der Waals surface area contributed by atoms with E-state index in [0.717, 1.165) is 12.0 Å². The minimum Gasteiger partial charge on any atom is -0.439 e. The number of rotatable bonds is 7. The number of benzene rings is 1. The lowest BCUT2D eigenvalue weighted by Crippen LogP contribution is -2.08. The van der Waals surface area contributed by atoms with Gasteiger partial charge >= 0.3 is 0 Å². The van der Waals surface area contributed by atoms with Crippen molar-refractivity contribution >= 4 is 17.0 Å². The van der Waals surface area contributed by atoms with Crippen LogP contribution in [0.4, 0.5) is 10.2 Å². The Labute approximate surface area is 167 Å². The topological polar surface area (TPSA) is 85.7 Å². The molecule has 0 aliphatic heterocycles. The van der Waals surface area contributed by atoms with Crippen molar-refractivity contribution in [3.05, 3.63) is 72.4 Å². The van der Waals surface area contributed by atoms with E-state index in [-0.39, 0.29) is 0 Å². The first-order chi connectivity index (χ1) is 14.2. The second-order valence-electron chi connectivity index (χ2n) is 6.42. The first-order valence-corrected chi connectivity index (χ1v) is 9.21. The third-order valence-corrected chi connectivity index (χ3v) is 4.34. The standard InChI is InChI=1S/C21H19FN6O/c1-14(22)16-7-9-23-18(12-16)29-17-4-2-15(3-5-17)6-8-25-20-19-21(28-13-27-20)26-11-10-24-19/h2-5,7,9-14H,6,8H2,1H3,(H,25,26,27,28). The number of aromatic nitrogens is 5. The number of hydrogen-bond acceptors (Lipinski definition) is 7. The molecule has 29 heavy (non-hydrogen) atoms. The van der Waals surface area contributed by atoms with Gasteiger partial charge in [-0.15, -0.1) is 0 Å². The number of nitrogens with zero attached hydrogens (tertiary/aromatic N) is 5. The molecule has 1 unspecified atom stereocenters. The van der Waals surface area contributed by atoms with Crippen LogP contribution in [0.1, 0.15) is 24.2 Å². The normalized spacial score (nSPS) is 11.9. The fourth-order valence-corrected chi connectivity index (χ4v) is 2.82. The van der Waals surface area contributed by atoms with E-state index in [2.05, 4.69) is 30.2 Å². The third-order valence-electron chi connectivity index (χ3n) is 4.34. The van der Waals surface area contributed by atoms with E-state index in [9.17, 15) is 4.39 Å². The van der Waals surface area contributed by atoms with Crippen molar-refractivity contribution in [1.29, 1.82) is 0 Å². The molecule has 1 N–H and O–H groups in total. The molecular weight excluding hydrogens is 371 g/mol. The van der Waals surface area contributed by atoms with Crippen LogP contribution in [0, 0.1) is 0 Å². The molecule has 0 aliphatic carbocycles. The summed E-state index contributed by atoms with van der Waals surface area (Å²) in [5.41, 5.74) is 2.88. The number of ether oxygens (including phenoxy) is 1. The highest BCUT2D eigenvalue weighted by atomic mass is 19.1. The highest BCUT2D eigenvalue weighted by molar-refractivity contribution is 5.81. The van der Waals surface area contributed by atoms with Crippen molar-refractivity contribution in [3.8, 4) is 11.6 Å². The van der Waals surface area contributed by atoms with Gasteiger partial charge in [-0.25, -0.2) is 29.3 Å². The Morgan fingerprint density at radius 3 is 2.62 bits per heavy atom. The molecule has 8 heteroatoms. The number of fused-ring (bicyclic) bond motifs is 1. The SMILES string of the molecule is CC(F)c1ccnc(Oc2ccc(CCNc3ncnc4nccnc34)cc2)c1. The Kier molecular flexibility index (Phi) is 5.51. The van der Waals surface area contributed by atoms with Gasteiger partial charge in [0.05, 0.1) is 0 Å². The summed E-state index contributed by atoms with van der Waals surface area (Å²) < 4.78 is 19.1. The number of nitrogens with one attached hydrogen (secondary N) is 1. The Morgan fingerprint density at radius 2 is 1.79 bits per heavy atom. The van der Waals surface area contributed by atoms with E-state index in [0.29, 0.717) is 40.7 Å². The van der Waals surface area contributed by atoms with Crippen molar-refractivity contribution in [3.63, 3.8) is 0 Å². The van der Waals surface area contributed by atoms with Gasteiger partial charge < -0.3 is 10.1 Å². The molecule has 0 amide bonds. The predicted octanol–water partition coefficient (Wildman–Crippen LogP) is 4.29. The average Bonchev–Trinajstić information content (AvgIpc) is 2.75. The van der Waals surface area contributed by atoms with Gasteiger partial charge in [0.2, 0.25) is 5.88 Å². The Balaban J connectivity index is 1.35. The van der Waals surface area contributed by atoms with Gasteiger partial charge in [0.25, 0.3) is 0 Å². The van der Waals surface area contributed by atoms with Crippen molar-refractivity contribution in [2.45, 2.75) is 19.5 Å². The quantitative estimate of drug-likeness (QED) is 0.504. The van der Waals surface area contributed by atoms with Gasteiger partial charge in [0.15, 0.2) is 11.5 Å². The zero-order valence-electron chi connectivity index (χ0n) is 15.8. The van der Waals surface area contributed by atoms with Crippen molar-refractivity contribution < 1.29 is 9.13 Å². The summed E-state index contributed by atoms with van der Waals surface area (Å²) >= 11 is 0. The Bertz CT molecular complexity index is 1100. The molecule has 0 fully saturated rings. The maximum Gasteiger partial charge on any atom is 0.219 e. The molecule has 0 spiro atoms. The van der Waals surface area contributed by atoms with E-state index in [1.165, 1.54) is 13.3 Å². The Hall–Kier alpha value is -3.68. The lowest BCUT2D eigenvalue weighted by Gasteiger charge is -2.09. The van der Waals surface area contributed by atoms with E-state index >= 15 is 0 Å². The molecule has 0 saturated heterocycles. The van der Waals surface area contributed by atoms with Crippen molar-refractivity contribution in [2.24, 2.45) is 0 Å². The van der Waals surface area contributed by atoms with E-state index < -0.39 is 6.17 Å². The van der Waals surface area contributed by atoms with Crippen molar-refractivity contribution in [2.75, 3.05) is 11.9 Å². The van der Waals surface area contributed by atoms with E-state index in [1.807, 2.05) is 24.3 Å². The number of halogens is 1. The second kappa shape index (κ2) is 8.55. The number of pyridine rings is 1. The van der Waals surface area contributed by atoms with Crippen LogP contribution in [-0.4, -0.2) is 31.5 Å². The number of anilines is 1. The first kappa shape index (κ1) is 18.7. The van der Waals surface area contributed by atoms with Crippen LogP contribution in [0.2, 0.25) is 0 Å². The molecule has 3 heterocycles. The Morgan fingerprint density at radius 1 is 0.966 bits per heavy atom. The maximum atomic E-state index is 13.4. The lowest BCUT2D eigenvalue weighted by molar-refractivity contribution is 0.371. The number of alkyl halides is 1. The van der Waals surface area contributed by atoms with Gasteiger partial charge in [0, 0.05) is 31.2 Å². The second-order valence-corrected chi connectivity index (χ2v) is 6.42. The molecule has 0 radical (unpaired) electrons. The van der Waals surface area contributed by atoms with Crippen LogP contribution in [0.25, 0.3) is 11.2 Å². The number of hydrogen-bond donors (Lipinski definition) is 1. The molecule has 4 aromatic rings. The fourth-order valence-electron chi connectivity index (χ4n) is 2.82. The summed E-state index contributed by atoms with van der Waals surface area (Å²) in [7, 11) is 0. The zero-order valence-corrected chi connectivity index (χ0v) is 15.8. The van der Waals surface area contributed by atoms with Crippen LogP contribution in [0.3, 0.4) is 0 Å². The lowest BCUT2D eigenvalue weighted by atomic mass is 10.1. The van der Waals surface area contributed by atoms with Crippen molar-refractivity contribution in [1.82, 2.24) is 24.9 Å². The van der Waals surface area contributed by atoms with Gasteiger partial charge in [0.1, 0.15) is 23.8 Å². The summed E-state index contributed by atoms with van der Waals surface area (Å²) in [4.78, 5) is 20.9. The zero-order chi connectivity index (χ0) is 20.1. The molecule has 0 aliphatic rings. The monoisotopic (exact) mass is 390 g/mol. The molecule has 7 nitrogen and oxygen atoms in total. The van der Waals surface area contributed by atoms with Crippen LogP contribution in [-0.2, 0) is 6.42 Å². The van der Waals surface area contributed by atoms with Gasteiger partial charge in [-0.3, -0.25) is 0 Å². The minimum absolute atomic E-state index is 0.373. The van der Waals surface area contributed by atoms with E-state index in [4.69, 9.17) is 4.74 Å².